The van der Waals surface area contributed by atoms with E-state index in [1.54, 1.807) is 42.1 Å². The van der Waals surface area contributed by atoms with Gasteiger partial charge in [-0.3, -0.25) is 9.59 Å². The smallest absolute Gasteiger partial charge is 0.250 e. The summed E-state index contributed by atoms with van der Waals surface area (Å²) in [4.78, 5) is 30.6. The number of aliphatic imine (C=N–C) groups is 1. The van der Waals surface area contributed by atoms with Crippen molar-refractivity contribution in [2.75, 3.05) is 0 Å². The molecule has 0 aliphatic heterocycles. The Kier molecular flexibility index (Phi) is 5.03. The summed E-state index contributed by atoms with van der Waals surface area (Å²) in [5.74, 6) is -0.407. The fourth-order valence-corrected chi connectivity index (χ4v) is 2.01. The van der Waals surface area contributed by atoms with Crippen molar-refractivity contribution in [2.45, 2.75) is 13.5 Å². The van der Waals surface area contributed by atoms with Gasteiger partial charge in [-0.15, -0.1) is 0 Å². The molecule has 7 heteroatoms. The lowest BCUT2D eigenvalue weighted by Crippen LogP contribution is -2.14. The van der Waals surface area contributed by atoms with E-state index < -0.39 is 5.91 Å². The third kappa shape index (κ3) is 3.52. The average Bonchev–Trinajstić information content (AvgIpc) is 3.01. The molecule has 2 heterocycles. The number of pyridine rings is 1. The molecule has 0 aromatic carbocycles. The Hall–Kier alpha value is -3.22. The van der Waals surface area contributed by atoms with Crippen LogP contribution in [-0.4, -0.2) is 27.5 Å². The first-order valence-corrected chi connectivity index (χ1v) is 6.79. The minimum Gasteiger partial charge on any atom is -0.472 e. The lowest BCUT2D eigenvalue weighted by molar-refractivity contribution is -0.104. The Morgan fingerprint density at radius 1 is 1.57 bits per heavy atom. The number of nitrogens with zero attached hydrogens (tertiary/aromatic N) is 3. The van der Waals surface area contributed by atoms with Crippen LogP contribution in [0.3, 0.4) is 0 Å². The van der Waals surface area contributed by atoms with Gasteiger partial charge in [-0.1, -0.05) is 12.7 Å². The van der Waals surface area contributed by atoms with E-state index >= 15 is 0 Å². The fraction of sp³-hybridized carbons (Fsp3) is 0.125. The number of carbonyl (C=O) groups is 2. The minimum atomic E-state index is -0.552. The zero-order valence-electron chi connectivity index (χ0n) is 12.6. The van der Waals surface area contributed by atoms with Crippen molar-refractivity contribution in [2.24, 2.45) is 10.7 Å². The first kappa shape index (κ1) is 16.2. The van der Waals surface area contributed by atoms with Crippen molar-refractivity contribution in [1.29, 1.82) is 0 Å². The zero-order valence-corrected chi connectivity index (χ0v) is 12.6. The quantitative estimate of drug-likeness (QED) is 0.379. The van der Waals surface area contributed by atoms with E-state index in [2.05, 4.69) is 16.6 Å². The fourth-order valence-electron chi connectivity index (χ4n) is 2.01. The summed E-state index contributed by atoms with van der Waals surface area (Å²) in [6.45, 7) is 5.27. The van der Waals surface area contributed by atoms with E-state index in [1.807, 2.05) is 0 Å². The van der Waals surface area contributed by atoms with Crippen molar-refractivity contribution in [3.63, 3.8) is 0 Å². The number of amides is 1. The van der Waals surface area contributed by atoms with Gasteiger partial charge >= 0.3 is 0 Å². The maximum atomic E-state index is 11.4. The van der Waals surface area contributed by atoms with Gasteiger partial charge in [0.1, 0.15) is 12.3 Å². The summed E-state index contributed by atoms with van der Waals surface area (Å²) in [5.41, 5.74) is 7.23. The third-order valence-corrected chi connectivity index (χ3v) is 3.11. The first-order valence-electron chi connectivity index (χ1n) is 6.79. The van der Waals surface area contributed by atoms with Crippen molar-refractivity contribution >= 4 is 23.7 Å². The number of aromatic nitrogens is 2. The van der Waals surface area contributed by atoms with E-state index in [1.165, 1.54) is 6.20 Å². The Bertz CT molecular complexity index is 818. The molecule has 23 heavy (non-hydrogen) atoms. The molecule has 2 aromatic heterocycles. The van der Waals surface area contributed by atoms with E-state index in [0.717, 1.165) is 0 Å². The third-order valence-electron chi connectivity index (χ3n) is 3.11. The molecule has 2 N–H and O–H groups in total. The summed E-state index contributed by atoms with van der Waals surface area (Å²) < 4.78 is 7.28. The number of fused-ring (bicyclic) bond motifs is 1. The van der Waals surface area contributed by atoms with Crippen LogP contribution in [0.15, 0.2) is 54.1 Å². The lowest BCUT2D eigenvalue weighted by atomic mass is 10.2. The van der Waals surface area contributed by atoms with Crippen LogP contribution < -0.4 is 5.73 Å². The van der Waals surface area contributed by atoms with Gasteiger partial charge in [-0.05, 0) is 13.0 Å². The topological polar surface area (TPSA) is 99.1 Å². The van der Waals surface area contributed by atoms with Crippen LogP contribution in [0.2, 0.25) is 0 Å². The number of rotatable bonds is 6. The molecule has 0 saturated carbocycles. The van der Waals surface area contributed by atoms with E-state index in [0.29, 0.717) is 28.6 Å². The molecule has 0 aliphatic carbocycles. The van der Waals surface area contributed by atoms with Crippen molar-refractivity contribution in [3.05, 3.63) is 60.2 Å². The molecule has 1 amide bonds. The van der Waals surface area contributed by atoms with Crippen LogP contribution in [0.1, 0.15) is 22.8 Å². The average molecular weight is 312 g/mol. The van der Waals surface area contributed by atoms with Crippen molar-refractivity contribution in [3.8, 4) is 0 Å². The minimum absolute atomic E-state index is 0.0689. The molecule has 0 radical (unpaired) electrons. The van der Waals surface area contributed by atoms with E-state index in [-0.39, 0.29) is 12.5 Å². The summed E-state index contributed by atoms with van der Waals surface area (Å²) >= 11 is 0. The van der Waals surface area contributed by atoms with Crippen LogP contribution >= 0.6 is 0 Å². The van der Waals surface area contributed by atoms with Crippen LogP contribution in [0, 0.1) is 0 Å². The number of imidazole rings is 1. The molecule has 0 aliphatic rings. The van der Waals surface area contributed by atoms with Gasteiger partial charge in [-0.2, -0.15) is 0 Å². The van der Waals surface area contributed by atoms with Crippen LogP contribution in [0.4, 0.5) is 0 Å². The molecule has 2 aromatic rings. The normalized spacial score (nSPS) is 12.2. The molecule has 0 unspecified atom stereocenters. The summed E-state index contributed by atoms with van der Waals surface area (Å²) in [6, 6.07) is 1.60. The Morgan fingerprint density at radius 2 is 2.35 bits per heavy atom. The van der Waals surface area contributed by atoms with Gasteiger partial charge in [0.15, 0.2) is 6.29 Å². The number of primary amides is 1. The predicted molar refractivity (Wildman–Crippen MR) is 86.0 cm³/mol. The molecular weight excluding hydrogens is 296 g/mol. The largest absolute Gasteiger partial charge is 0.472 e. The molecule has 0 atom stereocenters. The molecule has 118 valence electrons. The van der Waals surface area contributed by atoms with Gasteiger partial charge in [0.2, 0.25) is 11.8 Å². The SMILES string of the molecule is C=C/N=C(OCc1cc(C(N)=O)cn2ccnc12)\C(C=O)=C/C. The molecular formula is C16H16N4O3. The van der Waals surface area contributed by atoms with Gasteiger partial charge in [0.25, 0.3) is 0 Å². The molecule has 0 fully saturated rings. The number of carbonyl (C=O) groups excluding carboxylic acids is 2. The summed E-state index contributed by atoms with van der Waals surface area (Å²) in [5, 5.41) is 0. The lowest BCUT2D eigenvalue weighted by Gasteiger charge is -2.10. The highest BCUT2D eigenvalue weighted by Gasteiger charge is 2.12. The number of hydrogen-bond donors (Lipinski definition) is 1. The van der Waals surface area contributed by atoms with Crippen LogP contribution in [0.5, 0.6) is 0 Å². The molecule has 0 saturated heterocycles. The monoisotopic (exact) mass is 312 g/mol. The Morgan fingerprint density at radius 3 is 2.96 bits per heavy atom. The van der Waals surface area contributed by atoms with Gasteiger partial charge in [-0.25, -0.2) is 9.98 Å². The number of allylic oxidation sites excluding steroid dienone is 1. The molecule has 0 spiro atoms. The van der Waals surface area contributed by atoms with Gasteiger partial charge in [0.05, 0.1) is 11.1 Å². The number of aldehydes is 1. The summed E-state index contributed by atoms with van der Waals surface area (Å²) in [6.07, 6.45) is 8.41. The van der Waals surface area contributed by atoms with Crippen molar-refractivity contribution < 1.29 is 14.3 Å². The second kappa shape index (κ2) is 7.17. The Labute approximate surface area is 132 Å². The predicted octanol–water partition coefficient (Wildman–Crippen LogP) is 1.64. The second-order valence-corrected chi connectivity index (χ2v) is 4.54. The standard InChI is InChI=1S/C16H16N4O3/c1-3-11(9-21)16(18-4-2)23-10-13-7-12(14(17)22)8-20-6-5-19-15(13)20/h3-9H,2,10H2,1H3,(H2,17,22)/b11-3-,18-16+. The van der Waals surface area contributed by atoms with Crippen LogP contribution in [0.25, 0.3) is 5.65 Å². The van der Waals surface area contributed by atoms with Gasteiger partial charge < -0.3 is 14.9 Å². The zero-order chi connectivity index (χ0) is 16.8. The maximum Gasteiger partial charge on any atom is 0.250 e. The number of hydrogen-bond acceptors (Lipinski definition) is 5. The Balaban J connectivity index is 2.35. The maximum absolute atomic E-state index is 11.4. The van der Waals surface area contributed by atoms with Crippen LogP contribution in [-0.2, 0) is 16.1 Å². The second-order valence-electron chi connectivity index (χ2n) is 4.54. The molecule has 2 rings (SSSR count). The summed E-state index contributed by atoms with van der Waals surface area (Å²) in [7, 11) is 0. The molecule has 0 bridgehead atoms. The first-order chi connectivity index (χ1) is 11.1. The van der Waals surface area contributed by atoms with Gasteiger partial charge in [0, 0.05) is 30.4 Å². The highest BCUT2D eigenvalue weighted by molar-refractivity contribution is 6.10. The number of ether oxygens (including phenoxy) is 1. The highest BCUT2D eigenvalue weighted by atomic mass is 16.5. The highest BCUT2D eigenvalue weighted by Crippen LogP contribution is 2.14. The van der Waals surface area contributed by atoms with E-state index in [9.17, 15) is 9.59 Å². The number of nitrogens with two attached hydrogens (primary N) is 1. The molecule has 7 nitrogen and oxygen atoms in total. The van der Waals surface area contributed by atoms with Crippen molar-refractivity contribution in [1.82, 2.24) is 9.38 Å². The van der Waals surface area contributed by atoms with E-state index in [4.69, 9.17) is 10.5 Å².